The normalized spacial score (nSPS) is 22.1. The third-order valence-electron chi connectivity index (χ3n) is 4.37. The lowest BCUT2D eigenvalue weighted by Crippen LogP contribution is -2.50. The van der Waals surface area contributed by atoms with Gasteiger partial charge in [-0.1, -0.05) is 25.1 Å². The lowest BCUT2D eigenvalue weighted by molar-refractivity contribution is -0.0564. The van der Waals surface area contributed by atoms with Gasteiger partial charge in [-0.15, -0.1) is 0 Å². The molecule has 0 aliphatic carbocycles. The second-order valence-corrected chi connectivity index (χ2v) is 5.75. The smallest absolute Gasteiger partial charge is 0.338 e. The predicted molar refractivity (Wildman–Crippen MR) is 74.3 cm³/mol. The van der Waals surface area contributed by atoms with Crippen molar-refractivity contribution in [2.45, 2.75) is 38.2 Å². The molecular weight excluding hydrogens is 238 g/mol. The summed E-state index contributed by atoms with van der Waals surface area (Å²) in [5.74, 6) is -0.134. The zero-order valence-corrected chi connectivity index (χ0v) is 11.5. The number of hydrogen-bond donors (Lipinski definition) is 0. The van der Waals surface area contributed by atoms with Crippen LogP contribution in [0, 0.1) is 0 Å². The number of nitrogens with zero attached hydrogens (tertiary/aromatic N) is 1. The summed E-state index contributed by atoms with van der Waals surface area (Å²) < 4.78 is 5.80. The van der Waals surface area contributed by atoms with E-state index >= 15 is 0 Å². The number of rotatable bonds is 2. The fourth-order valence-electron chi connectivity index (χ4n) is 3.29. The van der Waals surface area contributed by atoms with Crippen LogP contribution in [-0.4, -0.2) is 36.1 Å². The summed E-state index contributed by atoms with van der Waals surface area (Å²) in [5.41, 5.74) is 1.67. The highest BCUT2D eigenvalue weighted by molar-refractivity contribution is 5.92. The molecule has 102 valence electrons. The summed E-state index contributed by atoms with van der Waals surface area (Å²) in [6, 6.07) is 7.85. The first-order valence-corrected chi connectivity index (χ1v) is 7.26. The number of piperidine rings is 1. The van der Waals surface area contributed by atoms with E-state index in [0.29, 0.717) is 0 Å². The van der Waals surface area contributed by atoms with Gasteiger partial charge < -0.3 is 9.64 Å². The molecule has 0 radical (unpaired) electrons. The Hall–Kier alpha value is -1.35. The van der Waals surface area contributed by atoms with E-state index in [2.05, 4.69) is 17.9 Å². The van der Waals surface area contributed by atoms with Crippen molar-refractivity contribution in [3.63, 3.8) is 0 Å². The lowest BCUT2D eigenvalue weighted by Gasteiger charge is -2.43. The summed E-state index contributed by atoms with van der Waals surface area (Å²) in [7, 11) is 0. The molecule has 3 heteroatoms. The van der Waals surface area contributed by atoms with E-state index in [1.165, 1.54) is 6.42 Å². The first kappa shape index (κ1) is 12.7. The monoisotopic (exact) mass is 259 g/mol. The average molecular weight is 259 g/mol. The van der Waals surface area contributed by atoms with E-state index in [4.69, 9.17) is 4.74 Å². The van der Waals surface area contributed by atoms with Crippen LogP contribution in [0.5, 0.6) is 0 Å². The van der Waals surface area contributed by atoms with Gasteiger partial charge in [-0.05, 0) is 24.6 Å². The zero-order chi connectivity index (χ0) is 13.3. The Morgan fingerprint density at radius 3 is 2.74 bits per heavy atom. The molecule has 0 aromatic heterocycles. The molecule has 2 aliphatic heterocycles. The molecule has 2 heterocycles. The van der Waals surface area contributed by atoms with Crippen LogP contribution in [0.1, 0.15) is 42.1 Å². The molecule has 3 rings (SSSR count). The summed E-state index contributed by atoms with van der Waals surface area (Å²) in [4.78, 5) is 14.6. The Morgan fingerprint density at radius 1 is 1.26 bits per heavy atom. The molecule has 2 aliphatic rings. The SMILES string of the molecule is CCCN1CCC2(CC1)Cc1ccccc1C(=O)O2. The third-order valence-corrected chi connectivity index (χ3v) is 4.37. The van der Waals surface area contributed by atoms with Crippen molar-refractivity contribution in [1.29, 1.82) is 0 Å². The molecule has 0 unspecified atom stereocenters. The maximum Gasteiger partial charge on any atom is 0.338 e. The van der Waals surface area contributed by atoms with E-state index in [1.807, 2.05) is 18.2 Å². The number of likely N-dealkylation sites (tertiary alicyclic amines) is 1. The Balaban J connectivity index is 1.76. The third kappa shape index (κ3) is 2.39. The van der Waals surface area contributed by atoms with Crippen LogP contribution in [0.3, 0.4) is 0 Å². The molecule has 0 saturated carbocycles. The van der Waals surface area contributed by atoms with Crippen molar-refractivity contribution in [2.24, 2.45) is 0 Å². The Labute approximate surface area is 114 Å². The van der Waals surface area contributed by atoms with Crippen molar-refractivity contribution in [3.05, 3.63) is 35.4 Å². The second kappa shape index (κ2) is 4.97. The van der Waals surface area contributed by atoms with Gasteiger partial charge in [-0.25, -0.2) is 4.79 Å². The number of benzene rings is 1. The van der Waals surface area contributed by atoms with Crippen molar-refractivity contribution < 1.29 is 9.53 Å². The first-order chi connectivity index (χ1) is 9.22. The fourth-order valence-corrected chi connectivity index (χ4v) is 3.29. The molecule has 1 aromatic carbocycles. The molecule has 1 spiro atoms. The molecule has 0 N–H and O–H groups in total. The highest BCUT2D eigenvalue weighted by atomic mass is 16.6. The van der Waals surface area contributed by atoms with Crippen LogP contribution >= 0.6 is 0 Å². The fraction of sp³-hybridized carbons (Fsp3) is 0.562. The minimum atomic E-state index is -0.240. The zero-order valence-electron chi connectivity index (χ0n) is 11.5. The maximum atomic E-state index is 12.1. The summed E-state index contributed by atoms with van der Waals surface area (Å²) >= 11 is 0. The molecule has 3 nitrogen and oxygen atoms in total. The van der Waals surface area contributed by atoms with Crippen LogP contribution in [0.2, 0.25) is 0 Å². The van der Waals surface area contributed by atoms with Gasteiger partial charge in [0.25, 0.3) is 0 Å². The summed E-state index contributed by atoms with van der Waals surface area (Å²) in [6.45, 7) is 5.45. The van der Waals surface area contributed by atoms with Crippen LogP contribution in [0.4, 0.5) is 0 Å². The van der Waals surface area contributed by atoms with Gasteiger partial charge in [0.05, 0.1) is 5.56 Å². The van der Waals surface area contributed by atoms with E-state index in [1.54, 1.807) is 0 Å². The van der Waals surface area contributed by atoms with Crippen molar-refractivity contribution >= 4 is 5.97 Å². The van der Waals surface area contributed by atoms with Gasteiger partial charge in [0, 0.05) is 32.4 Å². The second-order valence-electron chi connectivity index (χ2n) is 5.75. The molecule has 0 atom stereocenters. The quantitative estimate of drug-likeness (QED) is 0.765. The molecule has 19 heavy (non-hydrogen) atoms. The first-order valence-electron chi connectivity index (χ1n) is 7.26. The van der Waals surface area contributed by atoms with Crippen molar-refractivity contribution in [2.75, 3.05) is 19.6 Å². The Bertz CT molecular complexity index is 475. The average Bonchev–Trinajstić information content (AvgIpc) is 2.42. The van der Waals surface area contributed by atoms with Gasteiger partial charge in [0.2, 0.25) is 0 Å². The number of fused-ring (bicyclic) bond motifs is 1. The minimum absolute atomic E-state index is 0.134. The van der Waals surface area contributed by atoms with E-state index < -0.39 is 0 Å². The van der Waals surface area contributed by atoms with Crippen molar-refractivity contribution in [3.8, 4) is 0 Å². The highest BCUT2D eigenvalue weighted by Crippen LogP contribution is 2.36. The van der Waals surface area contributed by atoms with Gasteiger partial charge >= 0.3 is 5.97 Å². The van der Waals surface area contributed by atoms with E-state index in [0.717, 1.165) is 50.0 Å². The van der Waals surface area contributed by atoms with Crippen LogP contribution in [0.15, 0.2) is 24.3 Å². The Morgan fingerprint density at radius 2 is 2.00 bits per heavy atom. The number of carbonyl (C=O) groups excluding carboxylic acids is 1. The summed E-state index contributed by atoms with van der Waals surface area (Å²) in [6.07, 6.45) is 4.00. The minimum Gasteiger partial charge on any atom is -0.455 e. The molecule has 1 aromatic rings. The lowest BCUT2D eigenvalue weighted by atomic mass is 9.81. The van der Waals surface area contributed by atoms with Crippen LogP contribution in [0.25, 0.3) is 0 Å². The number of ether oxygens (including phenoxy) is 1. The highest BCUT2D eigenvalue weighted by Gasteiger charge is 2.42. The van der Waals surface area contributed by atoms with E-state index in [-0.39, 0.29) is 11.6 Å². The summed E-state index contributed by atoms with van der Waals surface area (Å²) in [5, 5.41) is 0. The molecule has 0 bridgehead atoms. The standard InChI is InChI=1S/C16H21NO2/c1-2-9-17-10-7-16(8-11-17)12-13-5-3-4-6-14(13)15(18)19-16/h3-6H,2,7-12H2,1H3. The van der Waals surface area contributed by atoms with Crippen molar-refractivity contribution in [1.82, 2.24) is 4.90 Å². The Kier molecular flexibility index (Phi) is 3.31. The maximum absolute atomic E-state index is 12.1. The van der Waals surface area contributed by atoms with Crippen LogP contribution in [-0.2, 0) is 11.2 Å². The number of hydrogen-bond acceptors (Lipinski definition) is 3. The molecule has 0 amide bonds. The predicted octanol–water partition coefficient (Wildman–Crippen LogP) is 2.64. The van der Waals surface area contributed by atoms with Gasteiger partial charge in [0.15, 0.2) is 0 Å². The number of carbonyl (C=O) groups is 1. The largest absolute Gasteiger partial charge is 0.455 e. The molecule has 1 saturated heterocycles. The van der Waals surface area contributed by atoms with Crippen LogP contribution < -0.4 is 0 Å². The number of esters is 1. The van der Waals surface area contributed by atoms with Gasteiger partial charge in [-0.3, -0.25) is 0 Å². The van der Waals surface area contributed by atoms with Gasteiger partial charge in [0.1, 0.15) is 5.60 Å². The topological polar surface area (TPSA) is 29.5 Å². The molecule has 1 fully saturated rings. The molecular formula is C16H21NO2. The van der Waals surface area contributed by atoms with Gasteiger partial charge in [-0.2, -0.15) is 0 Å². The van der Waals surface area contributed by atoms with E-state index in [9.17, 15) is 4.79 Å².